The number of aryl methyl sites for hydroxylation is 1. The van der Waals surface area contributed by atoms with Gasteiger partial charge in [0.05, 0.1) is 28.6 Å². The number of hydrogen-bond donors (Lipinski definition) is 2. The highest BCUT2D eigenvalue weighted by Gasteiger charge is 2.25. The van der Waals surface area contributed by atoms with Crippen molar-refractivity contribution in [3.63, 3.8) is 0 Å². The summed E-state index contributed by atoms with van der Waals surface area (Å²) < 4.78 is 1.02. The summed E-state index contributed by atoms with van der Waals surface area (Å²) in [6.45, 7) is 2.14. The lowest BCUT2D eigenvalue weighted by atomic mass is 10.0. The van der Waals surface area contributed by atoms with Crippen molar-refractivity contribution < 1.29 is 5.11 Å². The van der Waals surface area contributed by atoms with E-state index < -0.39 is 0 Å². The first-order valence-electron chi connectivity index (χ1n) is 9.82. The molecule has 0 saturated heterocycles. The third-order valence-corrected chi connectivity index (χ3v) is 6.65. The molecule has 5 rings (SSSR count). The molecule has 0 saturated carbocycles. The van der Waals surface area contributed by atoms with Crippen LogP contribution in [0.4, 0.5) is 5.82 Å². The van der Waals surface area contributed by atoms with Gasteiger partial charge in [0, 0.05) is 10.9 Å². The second kappa shape index (κ2) is 7.11. The third kappa shape index (κ3) is 2.75. The molecule has 0 radical (unpaired) electrons. The fourth-order valence-electron chi connectivity index (χ4n) is 4.11. The number of benzene rings is 1. The summed E-state index contributed by atoms with van der Waals surface area (Å²) in [5, 5.41) is 14.1. The van der Waals surface area contributed by atoms with Crippen LogP contribution < -0.4 is 5.32 Å². The molecule has 0 amide bonds. The van der Waals surface area contributed by atoms with E-state index in [0.29, 0.717) is 0 Å². The molecular weight excluding hydrogens is 368 g/mol. The van der Waals surface area contributed by atoms with E-state index in [1.807, 2.05) is 6.07 Å². The number of fused-ring (bicyclic) bond motifs is 5. The second-order valence-corrected chi connectivity index (χ2v) is 8.25. The summed E-state index contributed by atoms with van der Waals surface area (Å²) >= 11 is 1.65. The van der Waals surface area contributed by atoms with E-state index in [1.54, 1.807) is 17.7 Å². The number of anilines is 1. The Morgan fingerprint density at radius 1 is 1.14 bits per heavy atom. The van der Waals surface area contributed by atoms with Crippen LogP contribution in [0.5, 0.6) is 0 Å². The van der Waals surface area contributed by atoms with Gasteiger partial charge < -0.3 is 10.4 Å². The first kappa shape index (κ1) is 17.5. The third-order valence-electron chi connectivity index (χ3n) is 5.57. The number of thiophene rings is 1. The molecule has 1 atom stereocenters. The number of nitrogens with one attached hydrogen (secondary N) is 1. The number of pyridine rings is 1. The van der Waals surface area contributed by atoms with Crippen molar-refractivity contribution in [2.45, 2.75) is 38.6 Å². The largest absolute Gasteiger partial charge is 0.394 e. The lowest BCUT2D eigenvalue weighted by Gasteiger charge is -2.14. The van der Waals surface area contributed by atoms with Crippen molar-refractivity contribution in [2.75, 3.05) is 11.9 Å². The molecule has 0 fully saturated rings. The maximum atomic E-state index is 9.57. The molecular formula is C22H22N4OS. The molecule has 0 spiro atoms. The van der Waals surface area contributed by atoms with Crippen molar-refractivity contribution in [3.05, 3.63) is 47.8 Å². The van der Waals surface area contributed by atoms with E-state index in [0.717, 1.165) is 52.2 Å². The molecule has 4 aromatic rings. The number of aliphatic hydroxyl groups excluding tert-OH is 1. The van der Waals surface area contributed by atoms with Crippen molar-refractivity contribution in [1.29, 1.82) is 0 Å². The Balaban J connectivity index is 1.76. The Hall–Kier alpha value is -2.57. The van der Waals surface area contributed by atoms with Gasteiger partial charge in [0.25, 0.3) is 0 Å². The van der Waals surface area contributed by atoms with E-state index in [1.165, 1.54) is 22.1 Å². The SMILES string of the molecule is CC[C@H](CO)Nc1ncnc2c1sc1nc(-c3ccccc3)c3c(c12)CCC3. The van der Waals surface area contributed by atoms with Crippen molar-refractivity contribution in [3.8, 4) is 11.3 Å². The molecule has 1 aliphatic carbocycles. The molecule has 142 valence electrons. The molecule has 1 aliphatic rings. The number of hydrogen-bond acceptors (Lipinski definition) is 6. The summed E-state index contributed by atoms with van der Waals surface area (Å²) in [5.74, 6) is 0.793. The minimum Gasteiger partial charge on any atom is -0.394 e. The normalized spacial score (nSPS) is 14.5. The molecule has 0 bridgehead atoms. The maximum Gasteiger partial charge on any atom is 0.147 e. The highest BCUT2D eigenvalue weighted by molar-refractivity contribution is 7.26. The van der Waals surface area contributed by atoms with Gasteiger partial charge >= 0.3 is 0 Å². The molecule has 2 N–H and O–H groups in total. The molecule has 28 heavy (non-hydrogen) atoms. The van der Waals surface area contributed by atoms with Crippen LogP contribution in [-0.4, -0.2) is 32.7 Å². The molecule has 3 heterocycles. The Bertz CT molecular complexity index is 1150. The fourth-order valence-corrected chi connectivity index (χ4v) is 5.22. The fraction of sp³-hybridized carbons (Fsp3) is 0.318. The lowest BCUT2D eigenvalue weighted by Crippen LogP contribution is -2.23. The minimum absolute atomic E-state index is 0.0122. The van der Waals surface area contributed by atoms with Crippen LogP contribution >= 0.6 is 11.3 Å². The van der Waals surface area contributed by atoms with E-state index >= 15 is 0 Å². The second-order valence-electron chi connectivity index (χ2n) is 7.25. The Labute approximate surface area is 167 Å². The van der Waals surface area contributed by atoms with E-state index in [2.05, 4.69) is 46.5 Å². The number of aliphatic hydroxyl groups is 1. The zero-order valence-corrected chi connectivity index (χ0v) is 16.6. The molecule has 3 aromatic heterocycles. The van der Waals surface area contributed by atoms with Gasteiger partial charge in [-0.25, -0.2) is 15.0 Å². The zero-order valence-electron chi connectivity index (χ0n) is 15.8. The monoisotopic (exact) mass is 390 g/mol. The average molecular weight is 391 g/mol. The van der Waals surface area contributed by atoms with Crippen LogP contribution in [0.2, 0.25) is 0 Å². The summed E-state index contributed by atoms with van der Waals surface area (Å²) in [7, 11) is 0. The van der Waals surface area contributed by atoms with Crippen LogP contribution in [0.25, 0.3) is 31.7 Å². The zero-order chi connectivity index (χ0) is 19.1. The summed E-state index contributed by atoms with van der Waals surface area (Å²) in [4.78, 5) is 15.2. The topological polar surface area (TPSA) is 70.9 Å². The van der Waals surface area contributed by atoms with Gasteiger partial charge in [0.15, 0.2) is 0 Å². The van der Waals surface area contributed by atoms with Gasteiger partial charge in [-0.3, -0.25) is 0 Å². The van der Waals surface area contributed by atoms with Gasteiger partial charge in [-0.05, 0) is 36.8 Å². The standard InChI is InChI=1S/C22H22N4OS/c1-2-14(11-27)25-21-20-19(23-12-24-21)17-15-9-6-10-16(15)18(26-22(17)28-20)13-7-4-3-5-8-13/h3-5,7-8,12,14,27H,2,6,9-11H2,1H3,(H,23,24,25)/t14-/m1/s1. The molecule has 6 heteroatoms. The number of aromatic nitrogens is 3. The number of rotatable bonds is 5. The number of nitrogens with zero attached hydrogens (tertiary/aromatic N) is 3. The molecule has 5 nitrogen and oxygen atoms in total. The van der Waals surface area contributed by atoms with Gasteiger partial charge in [0.2, 0.25) is 0 Å². The van der Waals surface area contributed by atoms with Crippen LogP contribution in [-0.2, 0) is 12.8 Å². The Kier molecular flexibility index (Phi) is 4.45. The Morgan fingerprint density at radius 2 is 1.96 bits per heavy atom. The summed E-state index contributed by atoms with van der Waals surface area (Å²) in [6.07, 6.45) is 5.75. The summed E-state index contributed by atoms with van der Waals surface area (Å²) in [5.41, 5.74) is 6.03. The van der Waals surface area contributed by atoms with Crippen molar-refractivity contribution in [1.82, 2.24) is 15.0 Å². The van der Waals surface area contributed by atoms with Crippen LogP contribution in [0.3, 0.4) is 0 Å². The molecule has 0 aliphatic heterocycles. The van der Waals surface area contributed by atoms with E-state index in [9.17, 15) is 5.11 Å². The summed E-state index contributed by atoms with van der Waals surface area (Å²) in [6, 6.07) is 10.4. The quantitative estimate of drug-likeness (QED) is 0.522. The van der Waals surface area contributed by atoms with Crippen molar-refractivity contribution in [2.24, 2.45) is 0 Å². The molecule has 0 unspecified atom stereocenters. The Morgan fingerprint density at radius 3 is 2.75 bits per heavy atom. The minimum atomic E-state index is -0.0122. The first-order chi connectivity index (χ1) is 13.8. The highest BCUT2D eigenvalue weighted by atomic mass is 32.1. The lowest BCUT2D eigenvalue weighted by molar-refractivity contribution is 0.271. The van der Waals surface area contributed by atoms with Crippen LogP contribution in [0.15, 0.2) is 36.7 Å². The van der Waals surface area contributed by atoms with E-state index in [4.69, 9.17) is 4.98 Å². The van der Waals surface area contributed by atoms with Crippen LogP contribution in [0.1, 0.15) is 30.9 Å². The highest BCUT2D eigenvalue weighted by Crippen LogP contribution is 2.43. The van der Waals surface area contributed by atoms with Crippen molar-refractivity contribution >= 4 is 37.6 Å². The molecule has 1 aromatic carbocycles. The average Bonchev–Trinajstić information content (AvgIpc) is 3.36. The van der Waals surface area contributed by atoms with Gasteiger partial charge in [-0.1, -0.05) is 37.3 Å². The van der Waals surface area contributed by atoms with Gasteiger partial charge in [0.1, 0.15) is 17.0 Å². The van der Waals surface area contributed by atoms with Gasteiger partial charge in [-0.15, -0.1) is 11.3 Å². The van der Waals surface area contributed by atoms with Crippen LogP contribution in [0, 0.1) is 0 Å². The smallest absolute Gasteiger partial charge is 0.147 e. The van der Waals surface area contributed by atoms with E-state index in [-0.39, 0.29) is 12.6 Å². The predicted molar refractivity (Wildman–Crippen MR) is 115 cm³/mol. The van der Waals surface area contributed by atoms with Gasteiger partial charge in [-0.2, -0.15) is 0 Å². The predicted octanol–water partition coefficient (Wildman–Crippen LogP) is 4.58. The first-order valence-corrected chi connectivity index (χ1v) is 10.6. The maximum absolute atomic E-state index is 9.57.